The van der Waals surface area contributed by atoms with Crippen LogP contribution < -0.4 is 5.73 Å². The molecule has 2 aliphatic rings. The molecule has 0 bridgehead atoms. The third-order valence-corrected chi connectivity index (χ3v) is 3.84. The molecule has 2 amide bonds. The van der Waals surface area contributed by atoms with E-state index in [9.17, 15) is 9.59 Å². The molecule has 0 radical (unpaired) electrons. The molecule has 1 atom stereocenters. The standard InChI is InChI=1S/C13H23N3O2/c14-11-5-8-16(10-11)13(18)6-9-15-7-3-1-2-4-12(15)17/h11H,1-10,14H2/t11-/m1/s1. The van der Waals surface area contributed by atoms with Crippen LogP contribution in [0.5, 0.6) is 0 Å². The lowest BCUT2D eigenvalue weighted by molar-refractivity contribution is -0.133. The molecule has 0 aromatic carbocycles. The van der Waals surface area contributed by atoms with Crippen molar-refractivity contribution in [3.05, 3.63) is 0 Å². The fourth-order valence-electron chi connectivity index (χ4n) is 2.68. The highest BCUT2D eigenvalue weighted by Gasteiger charge is 2.24. The van der Waals surface area contributed by atoms with Gasteiger partial charge in [-0.15, -0.1) is 0 Å². The number of hydrogen-bond acceptors (Lipinski definition) is 3. The van der Waals surface area contributed by atoms with Gasteiger partial charge in [0.1, 0.15) is 0 Å². The Morgan fingerprint density at radius 3 is 2.83 bits per heavy atom. The molecule has 2 fully saturated rings. The van der Waals surface area contributed by atoms with Crippen LogP contribution in [0.25, 0.3) is 0 Å². The predicted octanol–water partition coefficient (Wildman–Crippen LogP) is 0.339. The number of likely N-dealkylation sites (tertiary alicyclic amines) is 2. The van der Waals surface area contributed by atoms with Crippen molar-refractivity contribution in [1.82, 2.24) is 9.80 Å². The smallest absolute Gasteiger partial charge is 0.224 e. The van der Waals surface area contributed by atoms with Crippen molar-refractivity contribution in [2.45, 2.75) is 44.6 Å². The molecular formula is C13H23N3O2. The molecule has 2 rings (SSSR count). The summed E-state index contributed by atoms with van der Waals surface area (Å²) in [5, 5.41) is 0. The summed E-state index contributed by atoms with van der Waals surface area (Å²) in [7, 11) is 0. The highest BCUT2D eigenvalue weighted by atomic mass is 16.2. The monoisotopic (exact) mass is 253 g/mol. The number of nitrogens with two attached hydrogens (primary N) is 1. The second-order valence-corrected chi connectivity index (χ2v) is 5.33. The number of rotatable bonds is 3. The SMILES string of the molecule is N[C@@H]1CCN(C(=O)CCN2CCCCCC2=O)C1. The second kappa shape index (κ2) is 6.18. The maximum atomic E-state index is 12.0. The van der Waals surface area contributed by atoms with Gasteiger partial charge in [-0.3, -0.25) is 9.59 Å². The first kappa shape index (κ1) is 13.3. The number of amides is 2. The Morgan fingerprint density at radius 1 is 1.28 bits per heavy atom. The summed E-state index contributed by atoms with van der Waals surface area (Å²) in [5.74, 6) is 0.346. The fraction of sp³-hybridized carbons (Fsp3) is 0.846. The Kier molecular flexibility index (Phi) is 4.58. The van der Waals surface area contributed by atoms with Crippen molar-refractivity contribution < 1.29 is 9.59 Å². The molecule has 0 aromatic heterocycles. The van der Waals surface area contributed by atoms with E-state index in [1.165, 1.54) is 0 Å². The van der Waals surface area contributed by atoms with E-state index in [0.717, 1.165) is 38.8 Å². The van der Waals surface area contributed by atoms with Gasteiger partial charge < -0.3 is 15.5 Å². The van der Waals surface area contributed by atoms with Crippen LogP contribution in [0.3, 0.4) is 0 Å². The van der Waals surface area contributed by atoms with Crippen LogP contribution in [0.15, 0.2) is 0 Å². The summed E-state index contributed by atoms with van der Waals surface area (Å²) in [4.78, 5) is 27.4. The fourth-order valence-corrected chi connectivity index (χ4v) is 2.68. The zero-order chi connectivity index (χ0) is 13.0. The van der Waals surface area contributed by atoms with Gasteiger partial charge in [0, 0.05) is 45.1 Å². The number of nitrogens with zero attached hydrogens (tertiary/aromatic N) is 2. The van der Waals surface area contributed by atoms with Crippen molar-refractivity contribution in [3.8, 4) is 0 Å². The Labute approximate surface area is 108 Å². The average Bonchev–Trinajstić information content (AvgIpc) is 2.68. The first-order valence-electron chi connectivity index (χ1n) is 6.98. The van der Waals surface area contributed by atoms with Gasteiger partial charge in [-0.25, -0.2) is 0 Å². The van der Waals surface area contributed by atoms with Gasteiger partial charge in [-0.05, 0) is 19.3 Å². The van der Waals surface area contributed by atoms with Crippen LogP contribution >= 0.6 is 0 Å². The highest BCUT2D eigenvalue weighted by Crippen LogP contribution is 2.13. The largest absolute Gasteiger partial charge is 0.342 e. The van der Waals surface area contributed by atoms with Crippen LogP contribution in [-0.4, -0.2) is 53.8 Å². The van der Waals surface area contributed by atoms with Crippen LogP contribution in [0.2, 0.25) is 0 Å². The van der Waals surface area contributed by atoms with Crippen molar-refractivity contribution in [2.75, 3.05) is 26.2 Å². The van der Waals surface area contributed by atoms with E-state index in [-0.39, 0.29) is 17.9 Å². The minimum Gasteiger partial charge on any atom is -0.342 e. The molecule has 2 N–H and O–H groups in total. The van der Waals surface area contributed by atoms with Crippen molar-refractivity contribution in [1.29, 1.82) is 0 Å². The van der Waals surface area contributed by atoms with Gasteiger partial charge in [0.05, 0.1) is 0 Å². The Bertz CT molecular complexity index is 319. The zero-order valence-corrected chi connectivity index (χ0v) is 10.9. The Hall–Kier alpha value is -1.10. The minimum atomic E-state index is 0.133. The third kappa shape index (κ3) is 3.45. The minimum absolute atomic E-state index is 0.133. The molecular weight excluding hydrogens is 230 g/mol. The maximum Gasteiger partial charge on any atom is 0.224 e. The summed E-state index contributed by atoms with van der Waals surface area (Å²) in [5.41, 5.74) is 5.79. The maximum absolute atomic E-state index is 12.0. The van der Waals surface area contributed by atoms with Gasteiger partial charge >= 0.3 is 0 Å². The summed E-state index contributed by atoms with van der Waals surface area (Å²) in [6.07, 6.45) is 5.16. The molecule has 5 heteroatoms. The zero-order valence-electron chi connectivity index (χ0n) is 10.9. The van der Waals surface area contributed by atoms with Crippen LogP contribution in [0.4, 0.5) is 0 Å². The Balaban J connectivity index is 1.76. The Morgan fingerprint density at radius 2 is 2.11 bits per heavy atom. The van der Waals surface area contributed by atoms with E-state index < -0.39 is 0 Å². The summed E-state index contributed by atoms with van der Waals surface area (Å²) < 4.78 is 0. The second-order valence-electron chi connectivity index (χ2n) is 5.33. The number of hydrogen-bond donors (Lipinski definition) is 1. The average molecular weight is 253 g/mol. The van der Waals surface area contributed by atoms with Gasteiger partial charge in [-0.2, -0.15) is 0 Å². The van der Waals surface area contributed by atoms with E-state index in [4.69, 9.17) is 5.73 Å². The molecule has 0 unspecified atom stereocenters. The summed E-state index contributed by atoms with van der Waals surface area (Å²) in [6, 6.07) is 0.133. The normalized spacial score (nSPS) is 25.4. The van der Waals surface area contributed by atoms with E-state index >= 15 is 0 Å². The van der Waals surface area contributed by atoms with Crippen molar-refractivity contribution in [3.63, 3.8) is 0 Å². The van der Waals surface area contributed by atoms with Crippen molar-refractivity contribution in [2.24, 2.45) is 5.73 Å². The van der Waals surface area contributed by atoms with E-state index in [0.29, 0.717) is 25.9 Å². The van der Waals surface area contributed by atoms with Crippen LogP contribution in [0.1, 0.15) is 38.5 Å². The van der Waals surface area contributed by atoms with E-state index in [1.54, 1.807) is 0 Å². The van der Waals surface area contributed by atoms with Crippen LogP contribution in [-0.2, 0) is 9.59 Å². The molecule has 2 heterocycles. The van der Waals surface area contributed by atoms with Crippen molar-refractivity contribution >= 4 is 11.8 Å². The number of carbonyl (C=O) groups excluding carboxylic acids is 2. The molecule has 0 aromatic rings. The lowest BCUT2D eigenvalue weighted by Crippen LogP contribution is -2.37. The quantitative estimate of drug-likeness (QED) is 0.788. The molecule has 102 valence electrons. The lowest BCUT2D eigenvalue weighted by Gasteiger charge is -2.22. The topological polar surface area (TPSA) is 66.6 Å². The molecule has 18 heavy (non-hydrogen) atoms. The van der Waals surface area contributed by atoms with E-state index in [1.807, 2.05) is 9.80 Å². The first-order chi connectivity index (χ1) is 8.66. The molecule has 0 saturated carbocycles. The summed E-state index contributed by atoms with van der Waals surface area (Å²) in [6.45, 7) is 2.83. The first-order valence-corrected chi connectivity index (χ1v) is 6.98. The molecule has 5 nitrogen and oxygen atoms in total. The van der Waals surface area contributed by atoms with E-state index in [2.05, 4.69) is 0 Å². The third-order valence-electron chi connectivity index (χ3n) is 3.84. The number of carbonyl (C=O) groups is 2. The lowest BCUT2D eigenvalue weighted by atomic mass is 10.2. The van der Waals surface area contributed by atoms with Gasteiger partial charge in [0.15, 0.2) is 0 Å². The van der Waals surface area contributed by atoms with Gasteiger partial charge in [-0.1, -0.05) is 6.42 Å². The summed E-state index contributed by atoms with van der Waals surface area (Å²) >= 11 is 0. The molecule has 2 saturated heterocycles. The predicted molar refractivity (Wildman–Crippen MR) is 68.8 cm³/mol. The van der Waals surface area contributed by atoms with Gasteiger partial charge in [0.2, 0.25) is 11.8 Å². The van der Waals surface area contributed by atoms with Gasteiger partial charge in [0.25, 0.3) is 0 Å². The molecule has 0 spiro atoms. The van der Waals surface area contributed by atoms with Crippen LogP contribution in [0, 0.1) is 0 Å². The molecule has 0 aliphatic carbocycles. The highest BCUT2D eigenvalue weighted by molar-refractivity contribution is 5.79. The molecule has 2 aliphatic heterocycles.